The van der Waals surface area contributed by atoms with E-state index in [4.69, 9.17) is 5.84 Å². The lowest BCUT2D eigenvalue weighted by Gasteiger charge is -2.41. The molecule has 0 aliphatic rings. The van der Waals surface area contributed by atoms with Crippen LogP contribution in [0.4, 0.5) is 77.2 Å². The summed E-state index contributed by atoms with van der Waals surface area (Å²) in [6.45, 7) is 0. The first-order valence-corrected chi connectivity index (χ1v) is 7.65. The summed E-state index contributed by atoms with van der Waals surface area (Å²) in [6.07, 6.45) is -7.70. The smallest absolute Gasteiger partial charge is 0.322 e. The summed E-state index contributed by atoms with van der Waals surface area (Å²) in [5.41, 5.74) is 0.167. The van der Waals surface area contributed by atoms with Gasteiger partial charge in [0, 0.05) is 0 Å². The van der Waals surface area contributed by atoms with Gasteiger partial charge in [-0.3, -0.25) is 10.6 Å². The maximum Gasteiger partial charge on any atom is 0.460 e. The molecule has 4 N–H and O–H groups in total. The van der Waals surface area contributed by atoms with Crippen LogP contribution >= 0.6 is 0 Å². The second-order valence-electron chi connectivity index (χ2n) is 6.09. The minimum Gasteiger partial charge on any atom is -0.322 e. The van der Waals surface area contributed by atoms with Gasteiger partial charge in [-0.05, 0) is 12.1 Å². The maximum absolute atomic E-state index is 13.8. The van der Waals surface area contributed by atoms with Crippen molar-refractivity contribution in [3.05, 3.63) is 24.3 Å². The number of hydrogen-bond acceptors (Lipinski definition) is 3. The molecule has 0 aliphatic carbocycles. The zero-order chi connectivity index (χ0) is 26.5. The molecule has 4 nitrogen and oxygen atoms in total. The molecule has 0 saturated heterocycles. The fourth-order valence-electron chi connectivity index (χ4n) is 2.03. The van der Waals surface area contributed by atoms with E-state index in [1.165, 1.54) is 0 Å². The monoisotopic (exact) mass is 519 g/mol. The van der Waals surface area contributed by atoms with E-state index in [2.05, 4.69) is 0 Å². The van der Waals surface area contributed by atoms with Crippen molar-refractivity contribution in [2.45, 2.75) is 41.7 Å². The highest BCUT2D eigenvalue weighted by molar-refractivity contribution is 5.99. The van der Waals surface area contributed by atoms with Crippen LogP contribution in [-0.2, 0) is 4.79 Å². The number of hydrazine groups is 1. The molecule has 1 aromatic rings. The molecule has 1 aromatic carbocycles. The van der Waals surface area contributed by atoms with Gasteiger partial charge in [0.05, 0.1) is 11.4 Å². The average molecular weight is 519 g/mol. The van der Waals surface area contributed by atoms with Crippen LogP contribution < -0.4 is 16.6 Å². The predicted molar refractivity (Wildman–Crippen MR) is 78.6 cm³/mol. The zero-order valence-electron chi connectivity index (χ0n) is 15.0. The quantitative estimate of drug-likeness (QED) is 0.249. The Balaban J connectivity index is 3.52. The Bertz CT molecular complexity index is 881. The number of nitrogens with one attached hydrogen (secondary N) is 2. The first kappa shape index (κ1) is 28.4. The zero-order valence-corrected chi connectivity index (χ0v) is 15.0. The molecule has 0 fully saturated rings. The third-order valence-corrected chi connectivity index (χ3v) is 3.94. The number of nitrogen functional groups attached to an aromatic ring is 1. The highest BCUT2D eigenvalue weighted by Gasteiger charge is 2.94. The highest BCUT2D eigenvalue weighted by atomic mass is 19.4. The van der Waals surface area contributed by atoms with Gasteiger partial charge in [-0.15, -0.1) is 0 Å². The van der Waals surface area contributed by atoms with Gasteiger partial charge in [-0.25, -0.2) is 0 Å². The van der Waals surface area contributed by atoms with Crippen LogP contribution in [0.5, 0.6) is 0 Å². The number of benzene rings is 1. The fourth-order valence-corrected chi connectivity index (χ4v) is 2.03. The van der Waals surface area contributed by atoms with Crippen LogP contribution in [0.2, 0.25) is 0 Å². The van der Waals surface area contributed by atoms with Gasteiger partial charge in [0.2, 0.25) is 0 Å². The fraction of sp³-hybridized carbons (Fsp3) is 0.500. The van der Waals surface area contributed by atoms with Crippen molar-refractivity contribution < 1.29 is 70.7 Å². The standard InChI is InChI=1S/C14H8F15N3O/c15-8(16,7(33)31-5-3-1-2-4-6(5)32-30)9(17,18)10(19,20)11(21,22)12(23,24)13(25,26)14(27,28)29/h1-4,32H,30H2,(H,31,33). The number of amides is 1. The minimum atomic E-state index is -8.47. The van der Waals surface area contributed by atoms with E-state index in [9.17, 15) is 70.7 Å². The van der Waals surface area contributed by atoms with Crippen molar-refractivity contribution in [2.75, 3.05) is 10.7 Å². The van der Waals surface area contributed by atoms with Crippen LogP contribution in [0.25, 0.3) is 0 Å². The van der Waals surface area contributed by atoms with Crippen LogP contribution in [0.15, 0.2) is 24.3 Å². The third kappa shape index (κ3) is 3.99. The highest BCUT2D eigenvalue weighted by Crippen LogP contribution is 2.62. The molecule has 0 spiro atoms. The molecule has 0 saturated carbocycles. The predicted octanol–water partition coefficient (Wildman–Crippen LogP) is 5.28. The van der Waals surface area contributed by atoms with Gasteiger partial charge in [0.25, 0.3) is 0 Å². The second-order valence-corrected chi connectivity index (χ2v) is 6.09. The van der Waals surface area contributed by atoms with Gasteiger partial charge in [0.15, 0.2) is 0 Å². The van der Waals surface area contributed by atoms with Crippen LogP contribution in [0.1, 0.15) is 0 Å². The van der Waals surface area contributed by atoms with E-state index >= 15 is 0 Å². The molecule has 19 heteroatoms. The van der Waals surface area contributed by atoms with E-state index < -0.39 is 59.0 Å². The Morgan fingerprint density at radius 2 is 0.970 bits per heavy atom. The first-order valence-electron chi connectivity index (χ1n) is 7.65. The molecule has 0 radical (unpaired) electrons. The van der Waals surface area contributed by atoms with Gasteiger partial charge in [0.1, 0.15) is 0 Å². The molecule has 1 amide bonds. The summed E-state index contributed by atoms with van der Waals surface area (Å²) in [5.74, 6) is -47.0. The number of carbonyl (C=O) groups excluding carboxylic acids is 1. The van der Waals surface area contributed by atoms with Crippen LogP contribution in [-0.4, -0.2) is 47.6 Å². The van der Waals surface area contributed by atoms with Crippen molar-refractivity contribution in [3.8, 4) is 0 Å². The Morgan fingerprint density at radius 3 is 1.36 bits per heavy atom. The second kappa shape index (κ2) is 8.01. The van der Waals surface area contributed by atoms with E-state index in [0.717, 1.165) is 23.5 Å². The van der Waals surface area contributed by atoms with Gasteiger partial charge >= 0.3 is 47.6 Å². The summed E-state index contributed by atoms with van der Waals surface area (Å²) in [4.78, 5) is 11.4. The van der Waals surface area contributed by atoms with Gasteiger partial charge < -0.3 is 10.7 Å². The molecule has 0 aromatic heterocycles. The van der Waals surface area contributed by atoms with Crippen molar-refractivity contribution in [2.24, 2.45) is 5.84 Å². The maximum atomic E-state index is 13.8. The van der Waals surface area contributed by atoms with E-state index in [1.807, 2.05) is 0 Å². The summed E-state index contributed by atoms with van der Waals surface area (Å²) in [5, 5.41) is 0.819. The number of hydrogen-bond donors (Lipinski definition) is 3. The third-order valence-electron chi connectivity index (χ3n) is 3.94. The molecule has 190 valence electrons. The number of nitrogens with two attached hydrogens (primary N) is 1. The summed E-state index contributed by atoms with van der Waals surface area (Å²) in [6, 6.07) is 3.49. The van der Waals surface area contributed by atoms with E-state index in [-0.39, 0.29) is 0 Å². The van der Waals surface area contributed by atoms with Crippen molar-refractivity contribution in [3.63, 3.8) is 0 Å². The lowest BCUT2D eigenvalue weighted by molar-refractivity contribution is -0.449. The van der Waals surface area contributed by atoms with Crippen molar-refractivity contribution >= 4 is 17.3 Å². The van der Waals surface area contributed by atoms with E-state index in [0.29, 0.717) is 6.07 Å². The van der Waals surface area contributed by atoms with Crippen molar-refractivity contribution in [1.29, 1.82) is 0 Å². The molecule has 0 aliphatic heterocycles. The SMILES string of the molecule is NNc1ccccc1NC(=O)C(F)(F)C(F)(F)C(F)(F)C(F)(F)C(F)(F)C(F)(F)C(F)(F)F. The molecule has 0 unspecified atom stereocenters. The number of para-hydroxylation sites is 2. The van der Waals surface area contributed by atoms with E-state index in [1.54, 1.807) is 5.43 Å². The van der Waals surface area contributed by atoms with Crippen LogP contribution in [0.3, 0.4) is 0 Å². The molecular weight excluding hydrogens is 511 g/mol. The number of alkyl halides is 15. The molecule has 0 heterocycles. The number of carbonyl (C=O) groups is 1. The molecule has 1 rings (SSSR count). The Kier molecular flexibility index (Phi) is 6.90. The topological polar surface area (TPSA) is 67.2 Å². The summed E-state index contributed by atoms with van der Waals surface area (Å²) in [7, 11) is 0. The Hall–Kier alpha value is -2.60. The molecular formula is C14H8F15N3O. The number of halogens is 15. The van der Waals surface area contributed by atoms with Crippen LogP contribution in [0, 0.1) is 0 Å². The number of anilines is 2. The van der Waals surface area contributed by atoms with Crippen molar-refractivity contribution in [1.82, 2.24) is 0 Å². The summed E-state index contributed by atoms with van der Waals surface area (Å²) < 4.78 is 197. The normalized spacial score (nSPS) is 14.8. The lowest BCUT2D eigenvalue weighted by Crippen LogP contribution is -2.73. The van der Waals surface area contributed by atoms with Gasteiger partial charge in [-0.1, -0.05) is 12.1 Å². The molecule has 0 atom stereocenters. The van der Waals surface area contributed by atoms with Gasteiger partial charge in [-0.2, -0.15) is 65.9 Å². The Morgan fingerprint density at radius 1 is 0.606 bits per heavy atom. The minimum absolute atomic E-state index is 0.557. The lowest BCUT2D eigenvalue weighted by atomic mass is 9.91. The average Bonchev–Trinajstić information content (AvgIpc) is 2.66. The Labute approximate surface area is 171 Å². The first-order chi connectivity index (χ1) is 14.4. The largest absolute Gasteiger partial charge is 0.460 e. The summed E-state index contributed by atoms with van der Waals surface area (Å²) >= 11 is 0. The molecule has 33 heavy (non-hydrogen) atoms. The number of rotatable bonds is 8. The molecule has 0 bridgehead atoms.